The fourth-order valence-electron chi connectivity index (χ4n) is 2.74. The summed E-state index contributed by atoms with van der Waals surface area (Å²) >= 11 is 6.14. The first-order valence-electron chi connectivity index (χ1n) is 9.24. The van der Waals surface area contributed by atoms with Crippen LogP contribution in [0.1, 0.15) is 10.4 Å². The lowest BCUT2D eigenvalue weighted by atomic mass is 10.2. The van der Waals surface area contributed by atoms with E-state index in [0.29, 0.717) is 5.75 Å². The van der Waals surface area contributed by atoms with Crippen LogP contribution in [0.25, 0.3) is 0 Å². The Morgan fingerprint density at radius 1 is 0.971 bits per heavy atom. The van der Waals surface area contributed by atoms with Gasteiger partial charge in [-0.25, -0.2) is 9.97 Å². The number of ether oxygens (including phenoxy) is 2. The number of benzene rings is 2. The Morgan fingerprint density at radius 3 is 2.21 bits per heavy atom. The summed E-state index contributed by atoms with van der Waals surface area (Å²) in [5.41, 5.74) is 4.18. The number of nitrogens with one attached hydrogen (secondary N) is 3. The summed E-state index contributed by atoms with van der Waals surface area (Å²) in [6, 6.07) is 7.69. The Labute approximate surface area is 196 Å². The van der Waals surface area contributed by atoms with Gasteiger partial charge in [0.15, 0.2) is 0 Å². The molecule has 3 N–H and O–H groups in total. The smallest absolute Gasteiger partial charge is 0.355 e. The van der Waals surface area contributed by atoms with E-state index in [1.54, 1.807) is 0 Å². The molecule has 0 aliphatic rings. The number of carbonyl (C=O) groups is 1. The van der Waals surface area contributed by atoms with Crippen LogP contribution >= 0.6 is 11.6 Å². The molecule has 0 unspecified atom stereocenters. The minimum Gasteiger partial charge on any atom is -0.495 e. The van der Waals surface area contributed by atoms with Crippen molar-refractivity contribution in [1.29, 1.82) is 0 Å². The monoisotopic (exact) mass is 489 g/mol. The number of amides is 1. The number of hydrogen-bond donors (Lipinski definition) is 3. The number of nitro benzene ring substituents is 1. The van der Waals surface area contributed by atoms with Gasteiger partial charge in [0.25, 0.3) is 11.6 Å². The summed E-state index contributed by atoms with van der Waals surface area (Å²) < 4.78 is 10.4. The molecule has 2 aromatic carbocycles. The van der Waals surface area contributed by atoms with E-state index in [2.05, 4.69) is 26.1 Å². The molecular formula is C19H16ClN7O7. The quantitative estimate of drug-likeness (QED) is 0.295. The van der Waals surface area contributed by atoms with Gasteiger partial charge in [0.1, 0.15) is 17.8 Å². The number of carbonyl (C=O) groups excluding carboxylic acids is 1. The molecule has 3 rings (SSSR count). The molecule has 0 spiro atoms. The Bertz CT molecular complexity index is 1250. The van der Waals surface area contributed by atoms with Crippen molar-refractivity contribution in [3.63, 3.8) is 0 Å². The highest BCUT2D eigenvalue weighted by molar-refractivity contribution is 6.32. The second-order valence-corrected chi connectivity index (χ2v) is 6.78. The minimum atomic E-state index is -0.750. The van der Waals surface area contributed by atoms with Gasteiger partial charge >= 0.3 is 5.69 Å². The van der Waals surface area contributed by atoms with Crippen LogP contribution in [0.2, 0.25) is 5.02 Å². The summed E-state index contributed by atoms with van der Waals surface area (Å²) in [4.78, 5) is 41.2. The van der Waals surface area contributed by atoms with Crippen molar-refractivity contribution in [3.8, 4) is 11.5 Å². The average Bonchev–Trinajstić information content (AvgIpc) is 2.82. The van der Waals surface area contributed by atoms with Crippen LogP contribution in [0.4, 0.5) is 28.7 Å². The zero-order valence-corrected chi connectivity index (χ0v) is 18.3. The van der Waals surface area contributed by atoms with Gasteiger partial charge in [-0.3, -0.25) is 35.9 Å². The van der Waals surface area contributed by atoms with Crippen LogP contribution in [-0.4, -0.2) is 39.9 Å². The maximum atomic E-state index is 12.3. The Kier molecular flexibility index (Phi) is 7.23. The minimum absolute atomic E-state index is 0.0748. The van der Waals surface area contributed by atoms with Crippen molar-refractivity contribution in [2.75, 3.05) is 25.0 Å². The molecule has 0 saturated heterocycles. The standard InChI is InChI=1S/C19H16ClN7O7/c1-33-14-8-15(34-2)13(7-12(14)20)23-17-16(27(31)32)18(22-9-21-17)24-25-19(28)10-3-5-11(6-4-10)26(29)30/h3-9H,1-2H3,(H,25,28)(H2,21,22,23,24). The Morgan fingerprint density at radius 2 is 1.62 bits per heavy atom. The zero-order chi connectivity index (χ0) is 24.8. The van der Waals surface area contributed by atoms with Gasteiger partial charge in [-0.15, -0.1) is 0 Å². The van der Waals surface area contributed by atoms with Crippen molar-refractivity contribution in [3.05, 3.63) is 73.5 Å². The molecule has 0 atom stereocenters. The second kappa shape index (κ2) is 10.3. The number of hydrogen-bond acceptors (Lipinski definition) is 11. The number of anilines is 3. The maximum absolute atomic E-state index is 12.3. The van der Waals surface area contributed by atoms with Crippen LogP contribution in [0.5, 0.6) is 11.5 Å². The molecule has 0 fully saturated rings. The molecule has 1 heterocycles. The first-order chi connectivity index (χ1) is 16.2. The van der Waals surface area contributed by atoms with Crippen molar-refractivity contribution < 1.29 is 24.1 Å². The van der Waals surface area contributed by atoms with Gasteiger partial charge < -0.3 is 14.8 Å². The maximum Gasteiger partial charge on any atom is 0.355 e. The molecule has 1 amide bonds. The number of nitro groups is 2. The SMILES string of the molecule is COc1cc(OC)c(Nc2ncnc(NNC(=O)c3ccc([N+](=O)[O-])cc3)c2[N+](=O)[O-])cc1Cl. The second-order valence-electron chi connectivity index (χ2n) is 6.37. The summed E-state index contributed by atoms with van der Waals surface area (Å²) in [6.07, 6.45) is 1.04. The molecule has 0 bridgehead atoms. The van der Waals surface area contributed by atoms with E-state index >= 15 is 0 Å². The molecule has 176 valence electrons. The average molecular weight is 490 g/mol. The molecule has 34 heavy (non-hydrogen) atoms. The first kappa shape index (κ1) is 23.9. The lowest BCUT2D eigenvalue weighted by molar-refractivity contribution is -0.384. The largest absolute Gasteiger partial charge is 0.495 e. The third-order valence-corrected chi connectivity index (χ3v) is 4.66. The first-order valence-corrected chi connectivity index (χ1v) is 9.61. The molecule has 0 saturated carbocycles. The number of hydrazine groups is 1. The van der Waals surface area contributed by atoms with Gasteiger partial charge in [-0.1, -0.05) is 11.6 Å². The molecule has 0 radical (unpaired) electrons. The third kappa shape index (κ3) is 5.18. The molecular weight excluding hydrogens is 474 g/mol. The highest BCUT2D eigenvalue weighted by Crippen LogP contribution is 2.39. The molecule has 0 aliphatic carbocycles. The number of methoxy groups -OCH3 is 2. The van der Waals surface area contributed by atoms with Crippen molar-refractivity contribution in [2.45, 2.75) is 0 Å². The number of nitrogens with zero attached hydrogens (tertiary/aromatic N) is 4. The topological polar surface area (TPSA) is 184 Å². The van der Waals surface area contributed by atoms with E-state index < -0.39 is 21.4 Å². The molecule has 0 aliphatic heterocycles. The van der Waals surface area contributed by atoms with Gasteiger partial charge in [-0.05, 0) is 18.2 Å². The number of non-ortho nitro benzene ring substituents is 1. The van der Waals surface area contributed by atoms with Crippen molar-refractivity contribution >= 4 is 46.2 Å². The number of halogens is 1. The van der Waals surface area contributed by atoms with Gasteiger partial charge in [-0.2, -0.15) is 0 Å². The summed E-state index contributed by atoms with van der Waals surface area (Å²) in [5.74, 6) is -0.642. The van der Waals surface area contributed by atoms with Crippen molar-refractivity contribution in [2.24, 2.45) is 0 Å². The van der Waals surface area contributed by atoms with Gasteiger partial charge in [0.2, 0.25) is 11.6 Å². The van der Waals surface area contributed by atoms with Crippen LogP contribution < -0.4 is 25.6 Å². The lowest BCUT2D eigenvalue weighted by Crippen LogP contribution is -2.30. The Hall–Kier alpha value is -4.72. The fourth-order valence-corrected chi connectivity index (χ4v) is 2.98. The van der Waals surface area contributed by atoms with Crippen LogP contribution in [0.3, 0.4) is 0 Å². The predicted octanol–water partition coefficient (Wildman–Crippen LogP) is 3.46. The van der Waals surface area contributed by atoms with E-state index in [0.717, 1.165) is 18.5 Å². The third-order valence-electron chi connectivity index (χ3n) is 4.37. The Balaban J connectivity index is 1.86. The zero-order valence-electron chi connectivity index (χ0n) is 17.6. The fraction of sp³-hybridized carbons (Fsp3) is 0.105. The molecule has 3 aromatic rings. The normalized spacial score (nSPS) is 10.2. The highest BCUT2D eigenvalue weighted by atomic mass is 35.5. The van der Waals surface area contributed by atoms with E-state index in [4.69, 9.17) is 21.1 Å². The molecule has 1 aromatic heterocycles. The van der Waals surface area contributed by atoms with Crippen molar-refractivity contribution in [1.82, 2.24) is 15.4 Å². The lowest BCUT2D eigenvalue weighted by Gasteiger charge is -2.14. The predicted molar refractivity (Wildman–Crippen MR) is 121 cm³/mol. The van der Waals surface area contributed by atoms with E-state index in [1.165, 1.54) is 38.5 Å². The molecule has 15 heteroatoms. The van der Waals surface area contributed by atoms with E-state index in [9.17, 15) is 25.0 Å². The summed E-state index contributed by atoms with van der Waals surface area (Å²) in [6.45, 7) is 0. The van der Waals surface area contributed by atoms with Crippen LogP contribution in [-0.2, 0) is 0 Å². The van der Waals surface area contributed by atoms with Crippen LogP contribution in [0, 0.1) is 20.2 Å². The highest BCUT2D eigenvalue weighted by Gasteiger charge is 2.25. The van der Waals surface area contributed by atoms with Gasteiger partial charge in [0.05, 0.1) is 34.8 Å². The number of rotatable bonds is 9. The summed E-state index contributed by atoms with van der Waals surface area (Å²) in [5, 5.41) is 25.5. The van der Waals surface area contributed by atoms with E-state index in [1.807, 2.05) is 0 Å². The number of aromatic nitrogens is 2. The molecule has 14 nitrogen and oxygen atoms in total. The van der Waals surface area contributed by atoms with E-state index in [-0.39, 0.29) is 39.3 Å². The summed E-state index contributed by atoms with van der Waals surface area (Å²) in [7, 11) is 2.81. The van der Waals surface area contributed by atoms with Gasteiger partial charge in [0, 0.05) is 23.8 Å². The van der Waals surface area contributed by atoms with Crippen LogP contribution in [0.15, 0.2) is 42.7 Å².